The van der Waals surface area contributed by atoms with Gasteiger partial charge in [0.05, 0.1) is 0 Å². The summed E-state index contributed by atoms with van der Waals surface area (Å²) in [7, 11) is 0. The summed E-state index contributed by atoms with van der Waals surface area (Å²) in [6, 6.07) is 5.79. The Labute approximate surface area is 261 Å². The lowest BCUT2D eigenvalue weighted by Crippen LogP contribution is -2.10. The molecule has 45 heavy (non-hydrogen) atoms. The van der Waals surface area contributed by atoms with Gasteiger partial charge in [-0.05, 0) is 57.3 Å². The Morgan fingerprint density at radius 3 is 0.956 bits per heavy atom. The van der Waals surface area contributed by atoms with E-state index in [2.05, 4.69) is 0 Å². The van der Waals surface area contributed by atoms with Crippen LogP contribution in [-0.2, 0) is 28.8 Å². The lowest BCUT2D eigenvalue weighted by atomic mass is 10.1. The van der Waals surface area contributed by atoms with Gasteiger partial charge in [-0.1, -0.05) is 24.3 Å². The molecule has 0 saturated heterocycles. The van der Waals surface area contributed by atoms with Crippen molar-refractivity contribution < 1.29 is 57.2 Å². The predicted octanol–water partition coefficient (Wildman–Crippen LogP) is 5.64. The van der Waals surface area contributed by atoms with Crippen molar-refractivity contribution in [1.82, 2.24) is 0 Å². The SMILES string of the molecule is CC(=O)Oc1cc(/C=C/c2cscc2/C=C/c2cc(OC(C)=O)c(OC(C)=O)c(OC(C)=O)c2)cc(OC(C)=O)c1OC(C)=O. The Morgan fingerprint density at radius 2 is 0.711 bits per heavy atom. The van der Waals surface area contributed by atoms with E-state index in [1.54, 1.807) is 24.3 Å². The molecular weight excluding hydrogens is 608 g/mol. The van der Waals surface area contributed by atoms with E-state index in [4.69, 9.17) is 28.4 Å². The molecule has 2 aromatic carbocycles. The number of carbonyl (C=O) groups is 6. The molecular formula is C32H28O12S. The van der Waals surface area contributed by atoms with Crippen LogP contribution in [0.2, 0.25) is 0 Å². The van der Waals surface area contributed by atoms with E-state index >= 15 is 0 Å². The maximum absolute atomic E-state index is 11.7. The minimum atomic E-state index is -0.712. The third kappa shape index (κ3) is 10.3. The molecule has 3 aromatic rings. The van der Waals surface area contributed by atoms with Gasteiger partial charge in [0.2, 0.25) is 11.5 Å². The van der Waals surface area contributed by atoms with Gasteiger partial charge in [-0.25, -0.2) is 0 Å². The molecule has 234 valence electrons. The molecule has 0 bridgehead atoms. The van der Waals surface area contributed by atoms with Crippen LogP contribution in [0.1, 0.15) is 63.8 Å². The van der Waals surface area contributed by atoms with E-state index in [9.17, 15) is 28.8 Å². The highest BCUT2D eigenvalue weighted by atomic mass is 32.1. The van der Waals surface area contributed by atoms with Crippen LogP contribution >= 0.6 is 11.3 Å². The second kappa shape index (κ2) is 15.3. The average molecular weight is 637 g/mol. The molecule has 12 nitrogen and oxygen atoms in total. The van der Waals surface area contributed by atoms with Gasteiger partial charge in [0.1, 0.15) is 0 Å². The number of thiophene rings is 1. The number of rotatable bonds is 10. The number of ether oxygens (including phenoxy) is 6. The van der Waals surface area contributed by atoms with Crippen LogP contribution in [0.15, 0.2) is 35.0 Å². The summed E-state index contributed by atoms with van der Waals surface area (Å²) in [6.07, 6.45) is 6.85. The van der Waals surface area contributed by atoms with Gasteiger partial charge >= 0.3 is 35.8 Å². The average Bonchev–Trinajstić information content (AvgIpc) is 3.35. The summed E-state index contributed by atoms with van der Waals surface area (Å²) >= 11 is 1.41. The van der Waals surface area contributed by atoms with Crippen LogP contribution < -0.4 is 28.4 Å². The molecule has 0 unspecified atom stereocenters. The second-order valence-corrected chi connectivity index (χ2v) is 9.95. The van der Waals surface area contributed by atoms with E-state index in [1.807, 2.05) is 10.8 Å². The number of hydrogen-bond donors (Lipinski definition) is 0. The molecule has 0 fully saturated rings. The summed E-state index contributed by atoms with van der Waals surface area (Å²) in [6.45, 7) is 6.98. The first-order chi connectivity index (χ1) is 21.2. The van der Waals surface area contributed by atoms with E-state index in [-0.39, 0.29) is 34.5 Å². The molecule has 0 aliphatic rings. The predicted molar refractivity (Wildman–Crippen MR) is 163 cm³/mol. The molecule has 0 spiro atoms. The van der Waals surface area contributed by atoms with Gasteiger partial charge in [-0.15, -0.1) is 0 Å². The highest BCUT2D eigenvalue weighted by Gasteiger charge is 2.21. The zero-order chi connectivity index (χ0) is 33.3. The van der Waals surface area contributed by atoms with Crippen LogP contribution in [0.25, 0.3) is 24.3 Å². The van der Waals surface area contributed by atoms with Crippen molar-refractivity contribution in [1.29, 1.82) is 0 Å². The summed E-state index contributed by atoms with van der Waals surface area (Å²) in [5, 5.41) is 3.73. The van der Waals surface area contributed by atoms with Crippen LogP contribution in [0, 0.1) is 0 Å². The number of hydrogen-bond acceptors (Lipinski definition) is 13. The molecule has 0 amide bonds. The number of benzene rings is 2. The Balaban J connectivity index is 2.02. The normalized spacial score (nSPS) is 10.8. The third-order valence-corrected chi connectivity index (χ3v) is 6.01. The maximum Gasteiger partial charge on any atom is 0.308 e. The smallest absolute Gasteiger partial charge is 0.308 e. The maximum atomic E-state index is 11.7. The van der Waals surface area contributed by atoms with Gasteiger partial charge in [-0.2, -0.15) is 11.3 Å². The molecule has 13 heteroatoms. The fraction of sp³-hybridized carbons (Fsp3) is 0.188. The molecule has 0 saturated carbocycles. The van der Waals surface area contributed by atoms with E-state index in [0.717, 1.165) is 25.0 Å². The van der Waals surface area contributed by atoms with Crippen molar-refractivity contribution in [2.45, 2.75) is 41.5 Å². The Morgan fingerprint density at radius 1 is 0.444 bits per heavy atom. The summed E-state index contributed by atoms with van der Waals surface area (Å²) in [4.78, 5) is 70.2. The quantitative estimate of drug-likeness (QED) is 0.199. The summed E-state index contributed by atoms with van der Waals surface area (Å²) in [5.41, 5.74) is 2.44. The van der Waals surface area contributed by atoms with Crippen molar-refractivity contribution >= 4 is 71.5 Å². The van der Waals surface area contributed by atoms with Crippen LogP contribution in [0.3, 0.4) is 0 Å². The Hall–Kier alpha value is -5.56. The Bertz CT molecular complexity index is 1530. The van der Waals surface area contributed by atoms with Gasteiger partial charge in [0.15, 0.2) is 23.0 Å². The molecule has 3 rings (SSSR count). The standard InChI is InChI=1S/C32H28O12S/c1-17(33)39-27-11-23(12-28(40-18(2)34)31(27)43-21(5)37)7-9-25-15-45-16-26(25)10-8-24-13-29(41-19(3)35)32(44-22(6)38)30(14-24)42-20(4)36/h7-16H,1-6H3/b9-7+,10-8+. The fourth-order valence-corrected chi connectivity index (χ4v) is 4.55. The minimum Gasteiger partial charge on any atom is -0.423 e. The lowest BCUT2D eigenvalue weighted by molar-refractivity contribution is -0.135. The van der Waals surface area contributed by atoms with Crippen molar-refractivity contribution in [3.63, 3.8) is 0 Å². The molecule has 0 atom stereocenters. The molecule has 0 radical (unpaired) electrons. The van der Waals surface area contributed by atoms with Gasteiger partial charge in [0, 0.05) is 41.5 Å². The van der Waals surface area contributed by atoms with E-state index in [1.165, 1.54) is 63.3 Å². The van der Waals surface area contributed by atoms with Crippen LogP contribution in [0.4, 0.5) is 0 Å². The van der Waals surface area contributed by atoms with Crippen LogP contribution in [-0.4, -0.2) is 35.8 Å². The molecule has 0 aliphatic heterocycles. The molecule has 1 aromatic heterocycles. The molecule has 1 heterocycles. The summed E-state index contributed by atoms with van der Waals surface area (Å²) < 4.78 is 31.2. The summed E-state index contributed by atoms with van der Waals surface area (Å²) in [5.74, 6) is -5.07. The fourth-order valence-electron chi connectivity index (χ4n) is 3.76. The first kappa shape index (κ1) is 33.9. The zero-order valence-electron chi connectivity index (χ0n) is 25.1. The monoisotopic (exact) mass is 636 g/mol. The minimum absolute atomic E-state index is 0.120. The lowest BCUT2D eigenvalue weighted by Gasteiger charge is -2.14. The van der Waals surface area contributed by atoms with Gasteiger partial charge in [0.25, 0.3) is 0 Å². The largest absolute Gasteiger partial charge is 0.423 e. The number of carbonyl (C=O) groups excluding carboxylic acids is 6. The topological polar surface area (TPSA) is 158 Å². The third-order valence-electron chi connectivity index (χ3n) is 5.23. The Kier molecular flexibility index (Phi) is 11.5. The molecule has 0 aliphatic carbocycles. The van der Waals surface area contributed by atoms with Crippen LogP contribution in [0.5, 0.6) is 34.5 Å². The highest BCUT2D eigenvalue weighted by Crippen LogP contribution is 2.41. The zero-order valence-corrected chi connectivity index (χ0v) is 25.9. The second-order valence-electron chi connectivity index (χ2n) is 9.20. The van der Waals surface area contributed by atoms with Gasteiger partial charge < -0.3 is 28.4 Å². The van der Waals surface area contributed by atoms with Crippen molar-refractivity contribution in [2.24, 2.45) is 0 Å². The van der Waals surface area contributed by atoms with Crippen molar-refractivity contribution in [3.8, 4) is 34.5 Å². The van der Waals surface area contributed by atoms with Crippen molar-refractivity contribution in [3.05, 3.63) is 57.3 Å². The first-order valence-electron chi connectivity index (χ1n) is 13.1. The first-order valence-corrected chi connectivity index (χ1v) is 14.0. The van der Waals surface area contributed by atoms with Crippen molar-refractivity contribution in [2.75, 3.05) is 0 Å². The molecule has 0 N–H and O–H groups in total. The van der Waals surface area contributed by atoms with Gasteiger partial charge in [-0.3, -0.25) is 28.8 Å². The number of esters is 6. The highest BCUT2D eigenvalue weighted by molar-refractivity contribution is 7.08. The van der Waals surface area contributed by atoms with E-state index < -0.39 is 35.8 Å². The van der Waals surface area contributed by atoms with E-state index in [0.29, 0.717) is 11.1 Å².